The maximum Gasteiger partial charge on any atom is 0.161 e. The van der Waals surface area contributed by atoms with Crippen molar-refractivity contribution < 1.29 is 4.39 Å². The molecule has 0 fully saturated rings. The number of hydrogen-bond donors (Lipinski definition) is 2. The Bertz CT molecular complexity index is 673. The third kappa shape index (κ3) is 3.80. The second kappa shape index (κ2) is 7.00. The molecule has 0 bridgehead atoms. The lowest BCUT2D eigenvalue weighted by Crippen LogP contribution is -2.13. The first-order valence-corrected chi connectivity index (χ1v) is 7.77. The minimum Gasteiger partial charge on any atom is -0.389 e. The number of aryl methyl sites for hydroxylation is 1. The minimum atomic E-state index is -0.370. The molecule has 0 aromatic heterocycles. The topological polar surface area (TPSA) is 38.0 Å². The van der Waals surface area contributed by atoms with Gasteiger partial charge in [-0.3, -0.25) is 0 Å². The molecule has 2 aromatic rings. The van der Waals surface area contributed by atoms with Crippen LogP contribution in [0.1, 0.15) is 16.7 Å². The number of benzene rings is 2. The number of halogens is 2. The maximum absolute atomic E-state index is 14.2. The Morgan fingerprint density at radius 1 is 1.29 bits per heavy atom. The molecule has 0 spiro atoms. The fourth-order valence-corrected chi connectivity index (χ4v) is 2.96. The molecule has 5 heteroatoms. The lowest BCUT2D eigenvalue weighted by atomic mass is 10.1. The van der Waals surface area contributed by atoms with Gasteiger partial charge in [0, 0.05) is 12.1 Å². The van der Waals surface area contributed by atoms with Crippen molar-refractivity contribution in [3.63, 3.8) is 0 Å². The first-order chi connectivity index (χ1) is 10.0. The number of nitrogens with one attached hydrogen (secondary N) is 1. The van der Waals surface area contributed by atoms with E-state index in [0.29, 0.717) is 22.3 Å². The predicted octanol–water partition coefficient (Wildman–Crippen LogP) is 4.19. The zero-order valence-corrected chi connectivity index (χ0v) is 14.0. The quantitative estimate of drug-likeness (QED) is 0.779. The van der Waals surface area contributed by atoms with E-state index in [1.807, 2.05) is 12.1 Å². The van der Waals surface area contributed by atoms with Crippen LogP contribution in [0.3, 0.4) is 0 Å². The van der Waals surface area contributed by atoms with Crippen LogP contribution in [0.4, 0.5) is 10.1 Å². The lowest BCUT2D eigenvalue weighted by Gasteiger charge is -2.12. The van der Waals surface area contributed by atoms with Crippen molar-refractivity contribution in [2.24, 2.45) is 5.73 Å². The number of rotatable bonds is 5. The van der Waals surface area contributed by atoms with Crippen LogP contribution in [-0.2, 0) is 6.42 Å². The van der Waals surface area contributed by atoms with Gasteiger partial charge in [0.1, 0.15) is 4.99 Å². The zero-order chi connectivity index (χ0) is 15.4. The second-order valence-electron chi connectivity index (χ2n) is 4.76. The SMILES string of the molecule is Cc1ccccc1CCNc1ccc(C(N)=S)c(Br)c1F. The summed E-state index contributed by atoms with van der Waals surface area (Å²) in [5, 5.41) is 3.11. The molecular weight excluding hydrogens is 351 g/mol. The third-order valence-corrected chi connectivity index (χ3v) is 4.31. The molecule has 110 valence electrons. The van der Waals surface area contributed by atoms with Gasteiger partial charge in [-0.15, -0.1) is 0 Å². The van der Waals surface area contributed by atoms with Crippen molar-refractivity contribution >= 4 is 38.8 Å². The van der Waals surface area contributed by atoms with Gasteiger partial charge in [0.05, 0.1) is 10.2 Å². The van der Waals surface area contributed by atoms with Crippen LogP contribution < -0.4 is 11.1 Å². The van der Waals surface area contributed by atoms with Gasteiger partial charge in [0.2, 0.25) is 0 Å². The molecule has 2 rings (SSSR count). The molecule has 0 unspecified atom stereocenters. The summed E-state index contributed by atoms with van der Waals surface area (Å²) in [6.45, 7) is 2.73. The van der Waals surface area contributed by atoms with Crippen molar-refractivity contribution in [3.05, 3.63) is 63.4 Å². The van der Waals surface area contributed by atoms with E-state index < -0.39 is 0 Å². The first-order valence-electron chi connectivity index (χ1n) is 6.57. The van der Waals surface area contributed by atoms with Crippen LogP contribution in [0.2, 0.25) is 0 Å². The number of nitrogens with two attached hydrogens (primary N) is 1. The van der Waals surface area contributed by atoms with Crippen molar-refractivity contribution in [3.8, 4) is 0 Å². The van der Waals surface area contributed by atoms with Crippen molar-refractivity contribution in [1.29, 1.82) is 0 Å². The van der Waals surface area contributed by atoms with E-state index in [1.165, 1.54) is 11.1 Å². The van der Waals surface area contributed by atoms with E-state index in [-0.39, 0.29) is 10.8 Å². The van der Waals surface area contributed by atoms with Gasteiger partial charge in [-0.25, -0.2) is 4.39 Å². The third-order valence-electron chi connectivity index (χ3n) is 3.32. The molecule has 0 heterocycles. The lowest BCUT2D eigenvalue weighted by molar-refractivity contribution is 0.623. The molecular formula is C16H16BrFN2S. The fourth-order valence-electron chi connectivity index (χ4n) is 2.10. The molecule has 21 heavy (non-hydrogen) atoms. The monoisotopic (exact) mass is 366 g/mol. The molecule has 0 saturated heterocycles. The van der Waals surface area contributed by atoms with E-state index in [1.54, 1.807) is 12.1 Å². The molecule has 2 nitrogen and oxygen atoms in total. The van der Waals surface area contributed by atoms with Crippen LogP contribution >= 0.6 is 28.1 Å². The Morgan fingerprint density at radius 2 is 2.00 bits per heavy atom. The number of thiocarbonyl (C=S) groups is 1. The average Bonchev–Trinajstić information content (AvgIpc) is 2.45. The molecule has 0 amide bonds. The van der Waals surface area contributed by atoms with E-state index in [2.05, 4.69) is 40.3 Å². The van der Waals surface area contributed by atoms with Gasteiger partial charge in [-0.05, 0) is 52.5 Å². The normalized spacial score (nSPS) is 10.4. The molecule has 0 radical (unpaired) electrons. The summed E-state index contributed by atoms with van der Waals surface area (Å²) >= 11 is 8.08. The summed E-state index contributed by atoms with van der Waals surface area (Å²) in [5.41, 5.74) is 8.98. The Balaban J connectivity index is 2.06. The Hall–Kier alpha value is -1.46. The number of anilines is 1. The Labute approximate surface area is 137 Å². The van der Waals surface area contributed by atoms with Crippen LogP contribution in [0.5, 0.6) is 0 Å². The summed E-state index contributed by atoms with van der Waals surface area (Å²) in [6, 6.07) is 11.6. The predicted molar refractivity (Wildman–Crippen MR) is 93.4 cm³/mol. The average molecular weight is 367 g/mol. The van der Waals surface area contributed by atoms with Gasteiger partial charge < -0.3 is 11.1 Å². The second-order valence-corrected chi connectivity index (χ2v) is 5.99. The van der Waals surface area contributed by atoms with Crippen molar-refractivity contribution in [2.75, 3.05) is 11.9 Å². The van der Waals surface area contributed by atoms with Gasteiger partial charge >= 0.3 is 0 Å². The highest BCUT2D eigenvalue weighted by atomic mass is 79.9. The zero-order valence-electron chi connectivity index (χ0n) is 11.6. The molecule has 0 aliphatic carbocycles. The summed E-state index contributed by atoms with van der Waals surface area (Å²) in [4.78, 5) is 0.173. The van der Waals surface area contributed by atoms with E-state index in [0.717, 1.165) is 6.42 Å². The molecule has 3 N–H and O–H groups in total. The molecule has 0 saturated carbocycles. The van der Waals surface area contributed by atoms with Crippen molar-refractivity contribution in [2.45, 2.75) is 13.3 Å². The van der Waals surface area contributed by atoms with Crippen molar-refractivity contribution in [1.82, 2.24) is 0 Å². The van der Waals surface area contributed by atoms with Gasteiger partial charge in [0.15, 0.2) is 5.82 Å². The van der Waals surface area contributed by atoms with E-state index in [9.17, 15) is 4.39 Å². The Kier molecular flexibility index (Phi) is 5.31. The highest BCUT2D eigenvalue weighted by Crippen LogP contribution is 2.27. The molecule has 0 atom stereocenters. The van der Waals surface area contributed by atoms with Gasteiger partial charge in [-0.2, -0.15) is 0 Å². The molecule has 2 aromatic carbocycles. The summed E-state index contributed by atoms with van der Waals surface area (Å²) in [5.74, 6) is -0.370. The summed E-state index contributed by atoms with van der Waals surface area (Å²) < 4.78 is 14.5. The summed E-state index contributed by atoms with van der Waals surface area (Å²) in [6.07, 6.45) is 0.834. The first kappa shape index (κ1) is 15.9. The van der Waals surface area contributed by atoms with Crippen LogP contribution in [0, 0.1) is 12.7 Å². The maximum atomic E-state index is 14.2. The van der Waals surface area contributed by atoms with Gasteiger partial charge in [0.25, 0.3) is 0 Å². The standard InChI is InChI=1S/C16H16BrFN2S/c1-10-4-2-3-5-11(10)8-9-20-13-7-6-12(16(19)21)14(17)15(13)18/h2-7,20H,8-9H2,1H3,(H2,19,21). The van der Waals surface area contributed by atoms with E-state index in [4.69, 9.17) is 18.0 Å². The highest BCUT2D eigenvalue weighted by Gasteiger charge is 2.12. The molecule has 0 aliphatic rings. The summed E-state index contributed by atoms with van der Waals surface area (Å²) in [7, 11) is 0. The highest BCUT2D eigenvalue weighted by molar-refractivity contribution is 9.10. The Morgan fingerprint density at radius 3 is 2.67 bits per heavy atom. The van der Waals surface area contributed by atoms with Crippen LogP contribution in [-0.4, -0.2) is 11.5 Å². The number of hydrogen-bond acceptors (Lipinski definition) is 2. The van der Waals surface area contributed by atoms with Crippen LogP contribution in [0.25, 0.3) is 0 Å². The van der Waals surface area contributed by atoms with Crippen LogP contribution in [0.15, 0.2) is 40.9 Å². The minimum absolute atomic E-state index is 0.173. The van der Waals surface area contributed by atoms with Gasteiger partial charge in [-0.1, -0.05) is 36.5 Å². The smallest absolute Gasteiger partial charge is 0.161 e. The van der Waals surface area contributed by atoms with E-state index >= 15 is 0 Å². The fraction of sp³-hybridized carbons (Fsp3) is 0.188. The molecule has 0 aliphatic heterocycles. The largest absolute Gasteiger partial charge is 0.389 e.